The average Bonchev–Trinajstić information content (AvgIpc) is 1.95. The van der Waals surface area contributed by atoms with Gasteiger partial charge in [-0.3, -0.25) is 4.79 Å². The predicted octanol–water partition coefficient (Wildman–Crippen LogP) is 1.17. The molecule has 0 fully saturated rings. The Morgan fingerprint density at radius 2 is 2.17 bits per heavy atom. The van der Waals surface area contributed by atoms with Crippen molar-refractivity contribution in [2.45, 2.75) is 39.3 Å². The maximum atomic E-state index is 10.5. The van der Waals surface area contributed by atoms with E-state index in [-0.39, 0.29) is 15.4 Å². The van der Waals surface area contributed by atoms with Crippen LogP contribution in [0.15, 0.2) is 0 Å². The Morgan fingerprint density at radius 3 is 2.67 bits per heavy atom. The van der Waals surface area contributed by atoms with Gasteiger partial charge in [-0.2, -0.15) is 0 Å². The Kier molecular flexibility index (Phi) is 7.15. The fourth-order valence-electron chi connectivity index (χ4n) is 1.12. The van der Waals surface area contributed by atoms with Gasteiger partial charge in [-0.05, 0) is 6.42 Å². The molecular weight excluding hydrogens is 166 g/mol. The molecular formula is C9H21NOSi. The van der Waals surface area contributed by atoms with Gasteiger partial charge in [0.05, 0.1) is 0 Å². The predicted molar refractivity (Wildman–Crippen MR) is 56.3 cm³/mol. The maximum absolute atomic E-state index is 10.5. The second kappa shape index (κ2) is 7.34. The van der Waals surface area contributed by atoms with Crippen LogP contribution in [-0.4, -0.2) is 22.0 Å². The normalized spacial score (nSPS) is 11.3. The summed E-state index contributed by atoms with van der Waals surface area (Å²) in [5.74, 6) is 0.970. The Morgan fingerprint density at radius 1 is 1.50 bits per heavy atom. The zero-order valence-corrected chi connectivity index (χ0v) is 9.94. The molecule has 0 rings (SSSR count). The van der Waals surface area contributed by atoms with Gasteiger partial charge in [-0.1, -0.05) is 31.9 Å². The summed E-state index contributed by atoms with van der Waals surface area (Å²) in [6.07, 6.45) is 1.18. The highest BCUT2D eigenvalue weighted by molar-refractivity contribution is 6.35. The maximum Gasteiger partial charge on any atom is 0.216 e. The lowest BCUT2D eigenvalue weighted by Gasteiger charge is -2.03. The number of carbonyl (C=O) groups is 1. The SMILES string of the molecule is CC(=O)NCCC[SiH2]CC(C)C. The lowest BCUT2D eigenvalue weighted by molar-refractivity contribution is -0.118. The first-order valence-electron chi connectivity index (χ1n) is 4.87. The van der Waals surface area contributed by atoms with E-state index in [0.717, 1.165) is 12.5 Å². The number of hydrogen-bond donors (Lipinski definition) is 1. The number of carbonyl (C=O) groups excluding carboxylic acids is 1. The van der Waals surface area contributed by atoms with Gasteiger partial charge in [-0.15, -0.1) is 0 Å². The molecule has 12 heavy (non-hydrogen) atoms. The molecule has 0 radical (unpaired) electrons. The van der Waals surface area contributed by atoms with Crippen molar-refractivity contribution in [2.75, 3.05) is 6.54 Å². The molecule has 0 aliphatic carbocycles. The smallest absolute Gasteiger partial charge is 0.216 e. The summed E-state index contributed by atoms with van der Waals surface area (Å²) >= 11 is 0. The van der Waals surface area contributed by atoms with E-state index < -0.39 is 0 Å². The van der Waals surface area contributed by atoms with Gasteiger partial charge < -0.3 is 5.32 Å². The van der Waals surface area contributed by atoms with Crippen molar-refractivity contribution < 1.29 is 4.79 Å². The van der Waals surface area contributed by atoms with E-state index in [2.05, 4.69) is 19.2 Å². The van der Waals surface area contributed by atoms with Gasteiger partial charge in [-0.25, -0.2) is 0 Å². The van der Waals surface area contributed by atoms with Crippen molar-refractivity contribution in [3.05, 3.63) is 0 Å². The summed E-state index contributed by atoms with van der Waals surface area (Å²) in [5, 5.41) is 2.82. The quantitative estimate of drug-likeness (QED) is 0.491. The van der Waals surface area contributed by atoms with Gasteiger partial charge in [0.2, 0.25) is 5.91 Å². The fourth-order valence-corrected chi connectivity index (χ4v) is 2.83. The molecule has 0 heterocycles. The molecule has 0 bridgehead atoms. The molecule has 0 unspecified atom stereocenters. The summed E-state index contributed by atoms with van der Waals surface area (Å²) < 4.78 is 0. The standard InChI is InChI=1S/C9H21NOSi/c1-8(2)7-12-6-4-5-10-9(3)11/h8H,4-7,12H2,1-3H3,(H,10,11). The van der Waals surface area contributed by atoms with E-state index in [0.29, 0.717) is 0 Å². The molecule has 2 nitrogen and oxygen atoms in total. The summed E-state index contributed by atoms with van der Waals surface area (Å²) in [4.78, 5) is 10.5. The zero-order valence-electron chi connectivity index (χ0n) is 8.52. The van der Waals surface area contributed by atoms with E-state index >= 15 is 0 Å². The van der Waals surface area contributed by atoms with Gasteiger partial charge in [0.15, 0.2) is 0 Å². The van der Waals surface area contributed by atoms with Crippen molar-refractivity contribution in [1.29, 1.82) is 0 Å². The van der Waals surface area contributed by atoms with Crippen molar-refractivity contribution in [3.8, 4) is 0 Å². The first-order valence-corrected chi connectivity index (χ1v) is 6.87. The van der Waals surface area contributed by atoms with E-state index in [9.17, 15) is 4.79 Å². The molecule has 0 saturated heterocycles. The molecule has 0 aliphatic heterocycles. The molecule has 1 N–H and O–H groups in total. The highest BCUT2D eigenvalue weighted by Gasteiger charge is 1.95. The molecule has 0 aliphatic rings. The van der Waals surface area contributed by atoms with E-state index in [1.54, 1.807) is 6.92 Å². The highest BCUT2D eigenvalue weighted by Crippen LogP contribution is 2.01. The van der Waals surface area contributed by atoms with E-state index in [4.69, 9.17) is 0 Å². The average molecular weight is 187 g/mol. The molecule has 0 atom stereocenters. The second-order valence-electron chi connectivity index (χ2n) is 3.73. The molecule has 0 aromatic carbocycles. The van der Waals surface area contributed by atoms with Crippen LogP contribution >= 0.6 is 0 Å². The Hall–Kier alpha value is -0.313. The number of hydrogen-bond acceptors (Lipinski definition) is 1. The molecule has 0 aromatic rings. The van der Waals surface area contributed by atoms with Gasteiger partial charge >= 0.3 is 0 Å². The minimum absolute atomic E-state index is 0.0977. The number of amides is 1. The van der Waals surface area contributed by atoms with Crippen LogP contribution in [0.3, 0.4) is 0 Å². The van der Waals surface area contributed by atoms with E-state index in [1.807, 2.05) is 0 Å². The second-order valence-corrected chi connectivity index (χ2v) is 5.72. The van der Waals surface area contributed by atoms with Crippen LogP contribution in [-0.2, 0) is 4.79 Å². The molecule has 0 saturated carbocycles. The molecule has 1 amide bonds. The summed E-state index contributed by atoms with van der Waals surface area (Å²) in [7, 11) is 0.168. The van der Waals surface area contributed by atoms with Crippen LogP contribution < -0.4 is 5.32 Å². The Bertz CT molecular complexity index is 126. The van der Waals surface area contributed by atoms with Gasteiger partial charge in [0.1, 0.15) is 0 Å². The van der Waals surface area contributed by atoms with Crippen LogP contribution in [0.5, 0.6) is 0 Å². The third-order valence-corrected chi connectivity index (χ3v) is 4.40. The summed E-state index contributed by atoms with van der Waals surface area (Å²) in [6, 6.07) is 2.82. The Balaban J connectivity index is 2.96. The van der Waals surface area contributed by atoms with E-state index in [1.165, 1.54) is 18.5 Å². The van der Waals surface area contributed by atoms with Crippen LogP contribution in [0, 0.1) is 5.92 Å². The van der Waals surface area contributed by atoms with Gasteiger partial charge in [0, 0.05) is 23.0 Å². The summed E-state index contributed by atoms with van der Waals surface area (Å²) in [6.45, 7) is 7.01. The highest BCUT2D eigenvalue weighted by atomic mass is 28.2. The molecule has 0 spiro atoms. The van der Waals surface area contributed by atoms with Crippen LogP contribution in [0.1, 0.15) is 27.2 Å². The van der Waals surface area contributed by atoms with Crippen molar-refractivity contribution >= 4 is 15.4 Å². The monoisotopic (exact) mass is 187 g/mol. The lowest BCUT2D eigenvalue weighted by atomic mass is 10.3. The van der Waals surface area contributed by atoms with Crippen LogP contribution in [0.2, 0.25) is 12.1 Å². The van der Waals surface area contributed by atoms with Crippen molar-refractivity contribution in [3.63, 3.8) is 0 Å². The minimum Gasteiger partial charge on any atom is -0.356 e. The van der Waals surface area contributed by atoms with Crippen molar-refractivity contribution in [2.24, 2.45) is 5.92 Å². The first kappa shape index (κ1) is 11.7. The zero-order chi connectivity index (χ0) is 9.40. The molecule has 3 heteroatoms. The van der Waals surface area contributed by atoms with Gasteiger partial charge in [0.25, 0.3) is 0 Å². The topological polar surface area (TPSA) is 29.1 Å². The Labute approximate surface area is 77.9 Å². The molecule has 72 valence electrons. The first-order chi connectivity index (χ1) is 5.63. The molecule has 0 aromatic heterocycles. The lowest BCUT2D eigenvalue weighted by Crippen LogP contribution is -2.21. The van der Waals surface area contributed by atoms with Crippen molar-refractivity contribution in [1.82, 2.24) is 5.32 Å². The largest absolute Gasteiger partial charge is 0.356 e. The third kappa shape index (κ3) is 9.69. The minimum atomic E-state index is 0.0977. The summed E-state index contributed by atoms with van der Waals surface area (Å²) in [5.41, 5.74) is 0. The van der Waals surface area contributed by atoms with Crippen LogP contribution in [0.4, 0.5) is 0 Å². The van der Waals surface area contributed by atoms with Crippen LogP contribution in [0.25, 0.3) is 0 Å². The fraction of sp³-hybridized carbons (Fsp3) is 0.889. The number of rotatable bonds is 6. The third-order valence-electron chi connectivity index (χ3n) is 1.83. The number of nitrogens with one attached hydrogen (secondary N) is 1.